The van der Waals surface area contributed by atoms with Gasteiger partial charge in [0.05, 0.1) is 12.5 Å². The largest absolute Gasteiger partial charge is 0.392 e. The third kappa shape index (κ3) is 5.63. The summed E-state index contributed by atoms with van der Waals surface area (Å²) in [7, 11) is 0. The van der Waals surface area contributed by atoms with E-state index in [1.54, 1.807) is 0 Å². The van der Waals surface area contributed by atoms with E-state index in [1.807, 2.05) is 0 Å². The van der Waals surface area contributed by atoms with Crippen LogP contribution in [0.3, 0.4) is 0 Å². The first-order chi connectivity index (χ1) is 11.0. The number of carbonyl (C=O) groups excluding carboxylic acids is 1. The fourth-order valence-corrected chi connectivity index (χ4v) is 3.48. The topological polar surface area (TPSA) is 52.6 Å². The van der Waals surface area contributed by atoms with Crippen LogP contribution in [0.2, 0.25) is 0 Å². The van der Waals surface area contributed by atoms with Gasteiger partial charge in [-0.3, -0.25) is 4.79 Å². The van der Waals surface area contributed by atoms with Crippen molar-refractivity contribution < 1.29 is 9.90 Å². The van der Waals surface area contributed by atoms with Crippen LogP contribution in [0.15, 0.2) is 12.1 Å². The summed E-state index contributed by atoms with van der Waals surface area (Å²) in [5, 5.41) is 12.7. The van der Waals surface area contributed by atoms with Crippen molar-refractivity contribution in [3.63, 3.8) is 0 Å². The van der Waals surface area contributed by atoms with E-state index >= 15 is 0 Å². The molecule has 1 atom stereocenters. The number of piperidine rings is 1. The Morgan fingerprint density at radius 1 is 1.30 bits per heavy atom. The number of aryl methyl sites for hydroxylation is 3. The molecule has 1 heterocycles. The number of hydrogen-bond donors (Lipinski definition) is 2. The minimum atomic E-state index is -0.175. The standard InChI is InChI=1S/C19H30N2O2/c1-14-10-15(2)18(16(3)11-14)12-19(23)20-7-5-9-21-8-4-6-17(22)13-21/h10-11,17,22H,4-9,12-13H2,1-3H3,(H,20,23)/t17-/m1/s1. The SMILES string of the molecule is Cc1cc(C)c(CC(=O)NCCCN2CCC[C@@H](O)C2)c(C)c1. The Balaban J connectivity index is 1.71. The second kappa shape index (κ2) is 8.46. The molecule has 2 rings (SSSR count). The van der Waals surface area contributed by atoms with Gasteiger partial charge in [0.2, 0.25) is 5.91 Å². The molecule has 4 nitrogen and oxygen atoms in total. The number of hydrogen-bond acceptors (Lipinski definition) is 3. The minimum Gasteiger partial charge on any atom is -0.392 e. The molecule has 23 heavy (non-hydrogen) atoms. The fourth-order valence-electron chi connectivity index (χ4n) is 3.48. The molecule has 4 heteroatoms. The lowest BCUT2D eigenvalue weighted by atomic mass is 9.97. The summed E-state index contributed by atoms with van der Waals surface area (Å²) >= 11 is 0. The first kappa shape index (κ1) is 18.0. The Bertz CT molecular complexity index is 519. The predicted molar refractivity (Wildman–Crippen MR) is 93.7 cm³/mol. The average molecular weight is 318 g/mol. The second-order valence-corrected chi connectivity index (χ2v) is 6.85. The monoisotopic (exact) mass is 318 g/mol. The number of amides is 1. The summed E-state index contributed by atoms with van der Waals surface area (Å²) in [6.07, 6.45) is 3.21. The molecule has 0 bridgehead atoms. The van der Waals surface area contributed by atoms with Crippen LogP contribution in [-0.4, -0.2) is 48.2 Å². The van der Waals surface area contributed by atoms with Gasteiger partial charge in [0.1, 0.15) is 0 Å². The van der Waals surface area contributed by atoms with Crippen LogP contribution in [0.25, 0.3) is 0 Å². The van der Waals surface area contributed by atoms with Crippen molar-refractivity contribution in [1.82, 2.24) is 10.2 Å². The van der Waals surface area contributed by atoms with Crippen LogP contribution in [0.1, 0.15) is 41.5 Å². The lowest BCUT2D eigenvalue weighted by molar-refractivity contribution is -0.120. The molecule has 1 amide bonds. The highest BCUT2D eigenvalue weighted by Crippen LogP contribution is 2.17. The Labute approximate surface area is 139 Å². The number of aliphatic hydroxyl groups is 1. The molecular weight excluding hydrogens is 288 g/mol. The maximum atomic E-state index is 12.1. The Morgan fingerprint density at radius 3 is 2.65 bits per heavy atom. The predicted octanol–water partition coefficient (Wildman–Crippen LogP) is 2.12. The Kier molecular flexibility index (Phi) is 6.60. The molecule has 1 aliphatic rings. The van der Waals surface area contributed by atoms with Gasteiger partial charge >= 0.3 is 0 Å². The van der Waals surface area contributed by atoms with Gasteiger partial charge in [0.15, 0.2) is 0 Å². The zero-order chi connectivity index (χ0) is 16.8. The average Bonchev–Trinajstić information content (AvgIpc) is 2.47. The molecular formula is C19H30N2O2. The van der Waals surface area contributed by atoms with Crippen molar-refractivity contribution in [2.75, 3.05) is 26.2 Å². The van der Waals surface area contributed by atoms with Gasteiger partial charge in [-0.25, -0.2) is 0 Å². The molecule has 128 valence electrons. The number of carbonyl (C=O) groups is 1. The van der Waals surface area contributed by atoms with E-state index in [4.69, 9.17) is 0 Å². The lowest BCUT2D eigenvalue weighted by Gasteiger charge is -2.29. The minimum absolute atomic E-state index is 0.0960. The molecule has 2 N–H and O–H groups in total. The van der Waals surface area contributed by atoms with Crippen LogP contribution in [0.4, 0.5) is 0 Å². The number of β-amino-alcohol motifs (C(OH)–C–C–N with tert-alkyl or cyclic N) is 1. The van der Waals surface area contributed by atoms with E-state index in [1.165, 1.54) is 16.7 Å². The highest BCUT2D eigenvalue weighted by molar-refractivity contribution is 5.79. The molecule has 1 saturated heterocycles. The number of nitrogens with zero attached hydrogens (tertiary/aromatic N) is 1. The van der Waals surface area contributed by atoms with Gasteiger partial charge in [-0.2, -0.15) is 0 Å². The van der Waals surface area contributed by atoms with Crippen molar-refractivity contribution >= 4 is 5.91 Å². The van der Waals surface area contributed by atoms with E-state index in [9.17, 15) is 9.90 Å². The molecule has 0 aliphatic carbocycles. The first-order valence-electron chi connectivity index (χ1n) is 8.69. The number of aliphatic hydroxyl groups excluding tert-OH is 1. The van der Waals surface area contributed by atoms with Gasteiger partial charge in [0.25, 0.3) is 0 Å². The highest BCUT2D eigenvalue weighted by Gasteiger charge is 2.16. The van der Waals surface area contributed by atoms with Crippen LogP contribution >= 0.6 is 0 Å². The number of benzene rings is 1. The van der Waals surface area contributed by atoms with Crippen molar-refractivity contribution in [3.05, 3.63) is 34.4 Å². The van der Waals surface area contributed by atoms with Crippen LogP contribution in [0.5, 0.6) is 0 Å². The smallest absolute Gasteiger partial charge is 0.224 e. The first-order valence-corrected chi connectivity index (χ1v) is 8.69. The quantitative estimate of drug-likeness (QED) is 0.790. The van der Waals surface area contributed by atoms with Crippen LogP contribution in [-0.2, 0) is 11.2 Å². The van der Waals surface area contributed by atoms with Crippen molar-refractivity contribution in [2.45, 2.75) is 52.6 Å². The van der Waals surface area contributed by atoms with E-state index in [2.05, 4.69) is 43.1 Å². The summed E-state index contributed by atoms with van der Waals surface area (Å²) in [5.41, 5.74) is 4.78. The number of likely N-dealkylation sites (tertiary alicyclic amines) is 1. The van der Waals surface area contributed by atoms with Gasteiger partial charge < -0.3 is 15.3 Å². The fraction of sp³-hybridized carbons (Fsp3) is 0.632. The van der Waals surface area contributed by atoms with E-state index < -0.39 is 0 Å². The summed E-state index contributed by atoms with van der Waals surface area (Å²) in [4.78, 5) is 14.4. The normalized spacial score (nSPS) is 18.9. The van der Waals surface area contributed by atoms with E-state index in [0.29, 0.717) is 13.0 Å². The van der Waals surface area contributed by atoms with Crippen LogP contribution < -0.4 is 5.32 Å². The van der Waals surface area contributed by atoms with E-state index in [-0.39, 0.29) is 12.0 Å². The molecule has 1 aromatic carbocycles. The van der Waals surface area contributed by atoms with Crippen molar-refractivity contribution in [3.8, 4) is 0 Å². The summed E-state index contributed by atoms with van der Waals surface area (Å²) in [6, 6.07) is 4.27. The summed E-state index contributed by atoms with van der Waals surface area (Å²) < 4.78 is 0. The molecule has 1 aliphatic heterocycles. The van der Waals surface area contributed by atoms with E-state index in [0.717, 1.165) is 44.5 Å². The summed E-state index contributed by atoms with van der Waals surface area (Å²) in [6.45, 7) is 9.72. The number of rotatable bonds is 6. The molecule has 0 radical (unpaired) electrons. The van der Waals surface area contributed by atoms with Crippen molar-refractivity contribution in [2.24, 2.45) is 0 Å². The third-order valence-electron chi connectivity index (χ3n) is 4.63. The molecule has 0 spiro atoms. The lowest BCUT2D eigenvalue weighted by Crippen LogP contribution is -2.39. The Morgan fingerprint density at radius 2 is 2.00 bits per heavy atom. The van der Waals surface area contributed by atoms with Gasteiger partial charge in [-0.05, 0) is 69.8 Å². The molecule has 0 saturated carbocycles. The molecule has 1 fully saturated rings. The zero-order valence-corrected chi connectivity index (χ0v) is 14.7. The van der Waals surface area contributed by atoms with Gasteiger partial charge in [0, 0.05) is 13.1 Å². The van der Waals surface area contributed by atoms with Gasteiger partial charge in [-0.15, -0.1) is 0 Å². The Hall–Kier alpha value is -1.39. The van der Waals surface area contributed by atoms with Gasteiger partial charge in [-0.1, -0.05) is 17.7 Å². The van der Waals surface area contributed by atoms with Crippen LogP contribution in [0, 0.1) is 20.8 Å². The highest BCUT2D eigenvalue weighted by atomic mass is 16.3. The molecule has 0 unspecified atom stereocenters. The number of nitrogens with one attached hydrogen (secondary N) is 1. The maximum Gasteiger partial charge on any atom is 0.224 e. The second-order valence-electron chi connectivity index (χ2n) is 6.85. The third-order valence-corrected chi connectivity index (χ3v) is 4.63. The molecule has 1 aromatic rings. The molecule has 0 aromatic heterocycles. The maximum absolute atomic E-state index is 12.1. The summed E-state index contributed by atoms with van der Waals surface area (Å²) in [5.74, 6) is 0.0960. The zero-order valence-electron chi connectivity index (χ0n) is 14.7. The van der Waals surface area contributed by atoms with Crippen molar-refractivity contribution in [1.29, 1.82) is 0 Å².